The fourth-order valence-electron chi connectivity index (χ4n) is 7.26. The minimum Gasteiger partial charge on any atom is -0.0917 e. The largest absolute Gasteiger partial charge is 0.0917 e. The summed E-state index contributed by atoms with van der Waals surface area (Å²) in [5, 5.41) is 4.53. The van der Waals surface area contributed by atoms with Crippen LogP contribution >= 0.6 is 15.8 Å². The fraction of sp³-hybridized carbons (Fsp3) is 0.389. The molecule has 38 heavy (non-hydrogen) atoms. The summed E-state index contributed by atoms with van der Waals surface area (Å²) in [5.74, 6) is 0.537. The zero-order valence-corrected chi connectivity index (χ0v) is 24.5. The van der Waals surface area contributed by atoms with Gasteiger partial charge in [0.25, 0.3) is 0 Å². The molecule has 0 radical (unpaired) electrons. The SMILES string of the molecule is C1=CC([C@@H](c2ccccc2P(c2ccccc2)c2ccccc2)P(C2CCCCC2)C2CCCCC2)C=C1. The van der Waals surface area contributed by atoms with Crippen LogP contribution in [0.2, 0.25) is 0 Å². The molecule has 2 saturated carbocycles. The predicted molar refractivity (Wildman–Crippen MR) is 170 cm³/mol. The van der Waals surface area contributed by atoms with Gasteiger partial charge in [-0.3, -0.25) is 0 Å². The first-order valence-electron chi connectivity index (χ1n) is 15.0. The number of benzene rings is 3. The lowest BCUT2D eigenvalue weighted by Gasteiger charge is -2.45. The van der Waals surface area contributed by atoms with Crippen molar-refractivity contribution < 1.29 is 0 Å². The van der Waals surface area contributed by atoms with Crippen molar-refractivity contribution >= 4 is 31.8 Å². The molecule has 0 aliphatic heterocycles. The van der Waals surface area contributed by atoms with Gasteiger partial charge in [-0.1, -0.05) is 156 Å². The summed E-state index contributed by atoms with van der Waals surface area (Å²) < 4.78 is 0. The van der Waals surface area contributed by atoms with Gasteiger partial charge in [-0.2, -0.15) is 0 Å². The Kier molecular flexibility index (Phi) is 8.91. The maximum absolute atomic E-state index is 2.54. The van der Waals surface area contributed by atoms with Crippen molar-refractivity contribution in [2.45, 2.75) is 81.2 Å². The van der Waals surface area contributed by atoms with E-state index in [2.05, 4.69) is 109 Å². The first-order valence-corrected chi connectivity index (χ1v) is 17.9. The predicted octanol–water partition coefficient (Wildman–Crippen LogP) is 9.38. The minimum atomic E-state index is -0.611. The van der Waals surface area contributed by atoms with Crippen molar-refractivity contribution in [2.24, 2.45) is 5.92 Å². The summed E-state index contributed by atoms with van der Waals surface area (Å²) in [7, 11) is -0.730. The number of allylic oxidation sites excluding steroid dienone is 4. The lowest BCUT2D eigenvalue weighted by molar-refractivity contribution is 0.478. The summed E-state index contributed by atoms with van der Waals surface area (Å²) in [5.41, 5.74) is 4.15. The van der Waals surface area contributed by atoms with Gasteiger partial charge in [0.05, 0.1) is 0 Å². The van der Waals surface area contributed by atoms with Crippen molar-refractivity contribution in [3.63, 3.8) is 0 Å². The van der Waals surface area contributed by atoms with E-state index in [-0.39, 0.29) is 7.92 Å². The summed E-state index contributed by atoms with van der Waals surface area (Å²) in [4.78, 5) is 0. The minimum absolute atomic E-state index is 0.119. The zero-order chi connectivity index (χ0) is 25.6. The Morgan fingerprint density at radius 1 is 0.526 bits per heavy atom. The first kappa shape index (κ1) is 26.2. The van der Waals surface area contributed by atoms with Gasteiger partial charge in [-0.05, 0) is 66.4 Å². The summed E-state index contributed by atoms with van der Waals surface area (Å²) in [6.45, 7) is 0. The Balaban J connectivity index is 1.51. The number of rotatable bonds is 8. The van der Waals surface area contributed by atoms with Crippen molar-refractivity contribution in [2.75, 3.05) is 0 Å². The molecule has 0 aromatic heterocycles. The van der Waals surface area contributed by atoms with Gasteiger partial charge in [0.2, 0.25) is 0 Å². The molecule has 0 unspecified atom stereocenters. The third-order valence-corrected chi connectivity index (χ3v) is 15.5. The molecule has 1 atom stereocenters. The van der Waals surface area contributed by atoms with Gasteiger partial charge in [0.1, 0.15) is 0 Å². The highest BCUT2D eigenvalue weighted by Gasteiger charge is 2.41. The number of hydrogen-bond donors (Lipinski definition) is 0. The third kappa shape index (κ3) is 5.79. The summed E-state index contributed by atoms with van der Waals surface area (Å²) in [6, 6.07) is 32.4. The summed E-state index contributed by atoms with van der Waals surface area (Å²) >= 11 is 0. The van der Waals surface area contributed by atoms with E-state index < -0.39 is 7.92 Å². The first-order chi connectivity index (χ1) is 18.9. The second kappa shape index (κ2) is 12.9. The van der Waals surface area contributed by atoms with Gasteiger partial charge in [-0.15, -0.1) is 0 Å². The van der Waals surface area contributed by atoms with E-state index in [1.54, 1.807) is 10.9 Å². The van der Waals surface area contributed by atoms with E-state index in [0.29, 0.717) is 11.6 Å². The highest BCUT2D eigenvalue weighted by molar-refractivity contribution is 7.80. The molecule has 3 aromatic carbocycles. The highest BCUT2D eigenvalue weighted by atomic mass is 31.1. The Morgan fingerprint density at radius 3 is 1.53 bits per heavy atom. The zero-order valence-electron chi connectivity index (χ0n) is 22.7. The van der Waals surface area contributed by atoms with Crippen LogP contribution in [0, 0.1) is 5.92 Å². The topological polar surface area (TPSA) is 0 Å². The van der Waals surface area contributed by atoms with Crippen LogP contribution in [0.4, 0.5) is 0 Å². The van der Waals surface area contributed by atoms with Crippen LogP contribution in [-0.4, -0.2) is 11.3 Å². The molecule has 0 heterocycles. The van der Waals surface area contributed by atoms with Gasteiger partial charge < -0.3 is 0 Å². The molecule has 0 saturated heterocycles. The third-order valence-electron chi connectivity index (χ3n) is 8.98. The van der Waals surface area contributed by atoms with Gasteiger partial charge >= 0.3 is 0 Å². The van der Waals surface area contributed by atoms with Crippen molar-refractivity contribution in [1.82, 2.24) is 0 Å². The Labute approximate surface area is 233 Å². The number of hydrogen-bond acceptors (Lipinski definition) is 0. The van der Waals surface area contributed by atoms with Crippen LogP contribution in [0.1, 0.15) is 75.4 Å². The van der Waals surface area contributed by atoms with Crippen LogP contribution < -0.4 is 15.9 Å². The summed E-state index contributed by atoms with van der Waals surface area (Å²) in [6.07, 6.45) is 24.3. The monoisotopic (exact) mass is 536 g/mol. The maximum atomic E-state index is 2.54. The molecular weight excluding hydrogens is 494 g/mol. The molecule has 2 fully saturated rings. The Morgan fingerprint density at radius 2 is 1.00 bits per heavy atom. The van der Waals surface area contributed by atoms with Crippen LogP contribution in [0.25, 0.3) is 0 Å². The van der Waals surface area contributed by atoms with Crippen molar-refractivity contribution in [1.29, 1.82) is 0 Å². The molecular formula is C36H42P2. The second-order valence-electron chi connectivity index (χ2n) is 11.4. The molecule has 3 aliphatic rings. The molecule has 0 bridgehead atoms. The van der Waals surface area contributed by atoms with Crippen LogP contribution in [0.5, 0.6) is 0 Å². The van der Waals surface area contributed by atoms with Gasteiger partial charge in [0.15, 0.2) is 0 Å². The van der Waals surface area contributed by atoms with Crippen LogP contribution in [0.15, 0.2) is 109 Å². The van der Waals surface area contributed by atoms with Crippen LogP contribution in [0.3, 0.4) is 0 Å². The molecule has 2 heteroatoms. The molecule has 3 aliphatic carbocycles. The lowest BCUT2D eigenvalue weighted by atomic mass is 9.98. The molecule has 0 nitrogen and oxygen atoms in total. The standard InChI is InChI=1S/C36H42P2/c1-5-19-30(20-6-1)37(31-21-7-2-8-22-31)35-28-16-15-27-34(35)36(29-17-13-14-18-29)38(32-23-9-3-10-24-32)33-25-11-4-12-26-33/h1-2,5-8,13-22,27-29,32-33,36H,3-4,9-12,23-26H2/t36-/m0/s1. The average molecular weight is 537 g/mol. The van der Waals surface area contributed by atoms with E-state index in [4.69, 9.17) is 0 Å². The van der Waals surface area contributed by atoms with E-state index in [0.717, 1.165) is 11.3 Å². The maximum Gasteiger partial charge on any atom is 0.0151 e. The molecule has 6 rings (SSSR count). The van der Waals surface area contributed by atoms with E-state index in [1.165, 1.54) is 74.8 Å². The molecule has 0 N–H and O–H groups in total. The van der Waals surface area contributed by atoms with Crippen molar-refractivity contribution in [3.05, 3.63) is 115 Å². The van der Waals surface area contributed by atoms with Crippen LogP contribution in [-0.2, 0) is 0 Å². The Hall–Kier alpha value is -2.00. The smallest absolute Gasteiger partial charge is 0.0151 e. The molecule has 0 amide bonds. The second-order valence-corrected chi connectivity index (χ2v) is 16.5. The van der Waals surface area contributed by atoms with E-state index in [9.17, 15) is 0 Å². The fourth-order valence-corrected chi connectivity index (χ4v) is 14.4. The van der Waals surface area contributed by atoms with Gasteiger partial charge in [-0.25, -0.2) is 0 Å². The van der Waals surface area contributed by atoms with Crippen molar-refractivity contribution in [3.8, 4) is 0 Å². The molecule has 3 aromatic rings. The normalized spacial score (nSPS) is 19.9. The van der Waals surface area contributed by atoms with Gasteiger partial charge in [0, 0.05) is 11.6 Å². The van der Waals surface area contributed by atoms with E-state index >= 15 is 0 Å². The Bertz CT molecular complexity index is 1130. The quantitative estimate of drug-likeness (QED) is 0.252. The molecule has 0 spiro atoms. The molecule has 196 valence electrons. The average Bonchev–Trinajstić information content (AvgIpc) is 3.53. The highest BCUT2D eigenvalue weighted by Crippen LogP contribution is 2.67. The van der Waals surface area contributed by atoms with E-state index in [1.807, 2.05) is 0 Å². The lowest BCUT2D eigenvalue weighted by Crippen LogP contribution is -2.30.